The number of carbonyl (C=O) groups is 2. The van der Waals surface area contributed by atoms with Crippen molar-refractivity contribution in [2.45, 2.75) is 20.8 Å². The average Bonchev–Trinajstić information content (AvgIpc) is 3.30. The molecule has 1 fully saturated rings. The lowest BCUT2D eigenvalue weighted by Gasteiger charge is -2.33. The Labute approximate surface area is 211 Å². The number of amides is 2. The maximum Gasteiger partial charge on any atom is 0.246 e. The van der Waals surface area contributed by atoms with Gasteiger partial charge < -0.3 is 28.4 Å². The number of allylic oxidation sites excluding steroid dienone is 1. The van der Waals surface area contributed by atoms with Crippen molar-refractivity contribution in [3.63, 3.8) is 0 Å². The zero-order chi connectivity index (χ0) is 25.8. The SMILES string of the molecule is CCOc1cc2occ(-c3cc(OC)ccc3OC)c2cc1/C(C)=C/C(=O)N1CCN(C(C)=O)CC1. The van der Waals surface area contributed by atoms with Crippen molar-refractivity contribution in [2.75, 3.05) is 47.0 Å². The number of carbonyl (C=O) groups excluding carboxylic acids is 2. The average molecular weight is 493 g/mol. The molecule has 4 rings (SSSR count). The molecule has 0 unspecified atom stereocenters. The number of furan rings is 1. The third-order valence-corrected chi connectivity index (χ3v) is 6.47. The molecule has 1 aliphatic rings. The number of benzene rings is 2. The van der Waals surface area contributed by atoms with E-state index in [0.717, 1.165) is 27.6 Å². The van der Waals surface area contributed by atoms with E-state index in [1.807, 2.05) is 44.2 Å². The van der Waals surface area contributed by atoms with E-state index in [0.29, 0.717) is 55.6 Å². The third kappa shape index (κ3) is 5.03. The number of hydrogen-bond donors (Lipinski definition) is 0. The molecule has 1 saturated heterocycles. The lowest BCUT2D eigenvalue weighted by Crippen LogP contribution is -2.49. The summed E-state index contributed by atoms with van der Waals surface area (Å²) in [6.07, 6.45) is 3.33. The number of ether oxygens (including phenoxy) is 3. The van der Waals surface area contributed by atoms with Crippen LogP contribution in [0.1, 0.15) is 26.3 Å². The van der Waals surface area contributed by atoms with Crippen molar-refractivity contribution >= 4 is 28.4 Å². The van der Waals surface area contributed by atoms with Gasteiger partial charge in [-0.05, 0) is 43.7 Å². The van der Waals surface area contributed by atoms with Crippen molar-refractivity contribution in [1.82, 2.24) is 9.80 Å². The number of hydrogen-bond acceptors (Lipinski definition) is 6. The molecular formula is C28H32N2O6. The minimum Gasteiger partial charge on any atom is -0.497 e. The van der Waals surface area contributed by atoms with Gasteiger partial charge in [0.1, 0.15) is 22.8 Å². The van der Waals surface area contributed by atoms with E-state index in [-0.39, 0.29) is 11.8 Å². The second-order valence-electron chi connectivity index (χ2n) is 8.65. The lowest BCUT2D eigenvalue weighted by atomic mass is 9.98. The standard InChI is InChI=1S/C28H32N2O6/c1-6-35-26-16-27-23(24(17-36-27)22-14-20(33-4)7-8-25(22)34-5)15-21(26)18(2)13-28(32)30-11-9-29(10-12-30)19(3)31/h7-8,13-17H,6,9-12H2,1-5H3/b18-13+. The summed E-state index contributed by atoms with van der Waals surface area (Å²) in [6, 6.07) is 9.46. The zero-order valence-electron chi connectivity index (χ0n) is 21.4. The summed E-state index contributed by atoms with van der Waals surface area (Å²) in [5, 5.41) is 0.871. The van der Waals surface area contributed by atoms with E-state index in [1.165, 1.54) is 0 Å². The molecule has 2 amide bonds. The van der Waals surface area contributed by atoms with Gasteiger partial charge in [0.05, 0.1) is 27.1 Å². The second kappa shape index (κ2) is 10.8. The molecule has 0 spiro atoms. The summed E-state index contributed by atoms with van der Waals surface area (Å²) >= 11 is 0. The van der Waals surface area contributed by atoms with Gasteiger partial charge in [-0.2, -0.15) is 0 Å². The van der Waals surface area contributed by atoms with Gasteiger partial charge in [0.25, 0.3) is 0 Å². The molecule has 0 bridgehead atoms. The van der Waals surface area contributed by atoms with Gasteiger partial charge in [0, 0.05) is 67.3 Å². The van der Waals surface area contributed by atoms with Crippen molar-refractivity contribution in [1.29, 1.82) is 0 Å². The quantitative estimate of drug-likeness (QED) is 0.448. The van der Waals surface area contributed by atoms with Crippen LogP contribution in [0.2, 0.25) is 0 Å². The van der Waals surface area contributed by atoms with Crippen LogP contribution in [-0.2, 0) is 9.59 Å². The van der Waals surface area contributed by atoms with Crippen LogP contribution in [0.4, 0.5) is 0 Å². The first-order valence-corrected chi connectivity index (χ1v) is 12.0. The Bertz CT molecular complexity index is 1300. The van der Waals surface area contributed by atoms with Crippen molar-refractivity contribution in [3.8, 4) is 28.4 Å². The topological polar surface area (TPSA) is 81.4 Å². The smallest absolute Gasteiger partial charge is 0.246 e. The Morgan fingerprint density at radius 2 is 1.67 bits per heavy atom. The summed E-state index contributed by atoms with van der Waals surface area (Å²) in [6.45, 7) is 7.97. The van der Waals surface area contributed by atoms with Gasteiger partial charge in [-0.25, -0.2) is 0 Å². The highest BCUT2D eigenvalue weighted by Crippen LogP contribution is 2.41. The van der Waals surface area contributed by atoms with E-state index < -0.39 is 0 Å². The number of methoxy groups -OCH3 is 2. The van der Waals surface area contributed by atoms with Crippen LogP contribution in [0.25, 0.3) is 27.7 Å². The first-order valence-electron chi connectivity index (χ1n) is 12.0. The molecule has 1 aromatic heterocycles. The molecule has 3 aromatic rings. The van der Waals surface area contributed by atoms with Crippen molar-refractivity contribution in [2.24, 2.45) is 0 Å². The molecule has 0 atom stereocenters. The Hall–Kier alpha value is -3.94. The Morgan fingerprint density at radius 3 is 2.31 bits per heavy atom. The molecule has 1 aliphatic heterocycles. The highest BCUT2D eigenvalue weighted by Gasteiger charge is 2.22. The van der Waals surface area contributed by atoms with E-state index in [9.17, 15) is 9.59 Å². The van der Waals surface area contributed by atoms with Gasteiger partial charge in [-0.3, -0.25) is 9.59 Å². The largest absolute Gasteiger partial charge is 0.497 e. The molecule has 190 valence electrons. The van der Waals surface area contributed by atoms with Gasteiger partial charge >= 0.3 is 0 Å². The molecule has 2 heterocycles. The van der Waals surface area contributed by atoms with E-state index in [1.54, 1.807) is 43.3 Å². The number of fused-ring (bicyclic) bond motifs is 1. The molecule has 0 radical (unpaired) electrons. The Balaban J connectivity index is 1.72. The fraction of sp³-hybridized carbons (Fsp3) is 0.357. The molecule has 0 N–H and O–H groups in total. The lowest BCUT2D eigenvalue weighted by molar-refractivity contribution is -0.135. The first kappa shape index (κ1) is 25.2. The predicted octanol–water partition coefficient (Wildman–Crippen LogP) is 4.61. The minimum atomic E-state index is -0.0832. The molecule has 0 aliphatic carbocycles. The third-order valence-electron chi connectivity index (χ3n) is 6.47. The molecule has 36 heavy (non-hydrogen) atoms. The number of piperazine rings is 1. The number of rotatable bonds is 7. The van der Waals surface area contributed by atoms with Gasteiger partial charge in [0.2, 0.25) is 11.8 Å². The fourth-order valence-electron chi connectivity index (χ4n) is 4.47. The van der Waals surface area contributed by atoms with Crippen molar-refractivity contribution in [3.05, 3.63) is 48.2 Å². The predicted molar refractivity (Wildman–Crippen MR) is 138 cm³/mol. The molecule has 8 nitrogen and oxygen atoms in total. The maximum atomic E-state index is 13.0. The molecule has 2 aromatic carbocycles. The number of nitrogens with zero attached hydrogens (tertiary/aromatic N) is 2. The maximum absolute atomic E-state index is 13.0. The van der Waals surface area contributed by atoms with E-state index in [2.05, 4.69) is 0 Å². The summed E-state index contributed by atoms with van der Waals surface area (Å²) in [7, 11) is 3.25. The first-order chi connectivity index (χ1) is 17.4. The van der Waals surface area contributed by atoms with Crippen LogP contribution in [0.3, 0.4) is 0 Å². The fourth-order valence-corrected chi connectivity index (χ4v) is 4.47. The van der Waals surface area contributed by atoms with E-state index in [4.69, 9.17) is 18.6 Å². The van der Waals surface area contributed by atoms with Crippen LogP contribution >= 0.6 is 0 Å². The second-order valence-corrected chi connectivity index (χ2v) is 8.65. The van der Waals surface area contributed by atoms with Crippen LogP contribution in [-0.4, -0.2) is 68.6 Å². The zero-order valence-corrected chi connectivity index (χ0v) is 21.4. The van der Waals surface area contributed by atoms with Crippen LogP contribution in [0.15, 0.2) is 47.1 Å². The highest BCUT2D eigenvalue weighted by molar-refractivity contribution is 6.01. The minimum absolute atomic E-state index is 0.0343. The Kier molecular flexibility index (Phi) is 7.52. The van der Waals surface area contributed by atoms with E-state index >= 15 is 0 Å². The summed E-state index contributed by atoms with van der Waals surface area (Å²) in [4.78, 5) is 28.2. The molecule has 0 saturated carbocycles. The summed E-state index contributed by atoms with van der Waals surface area (Å²) in [5.74, 6) is 2.00. The monoisotopic (exact) mass is 492 g/mol. The molecule has 8 heteroatoms. The van der Waals surface area contributed by atoms with Gasteiger partial charge in [0.15, 0.2) is 0 Å². The normalized spacial score (nSPS) is 14.2. The highest BCUT2D eigenvalue weighted by atomic mass is 16.5. The van der Waals surface area contributed by atoms with Gasteiger partial charge in [-0.15, -0.1) is 0 Å². The van der Waals surface area contributed by atoms with Crippen LogP contribution in [0, 0.1) is 0 Å². The van der Waals surface area contributed by atoms with Gasteiger partial charge in [-0.1, -0.05) is 0 Å². The summed E-state index contributed by atoms with van der Waals surface area (Å²) in [5.41, 5.74) is 3.95. The van der Waals surface area contributed by atoms with Crippen molar-refractivity contribution < 1.29 is 28.2 Å². The van der Waals surface area contributed by atoms with Crippen LogP contribution in [0.5, 0.6) is 17.2 Å². The molecular weight excluding hydrogens is 460 g/mol. The van der Waals surface area contributed by atoms with Crippen LogP contribution < -0.4 is 14.2 Å². The summed E-state index contributed by atoms with van der Waals surface area (Å²) < 4.78 is 22.8. The Morgan fingerprint density at radius 1 is 0.944 bits per heavy atom.